The van der Waals surface area contributed by atoms with E-state index in [9.17, 15) is 19.2 Å². The van der Waals surface area contributed by atoms with E-state index in [0.717, 1.165) is 5.57 Å². The van der Waals surface area contributed by atoms with Crippen molar-refractivity contribution >= 4 is 35.1 Å². The minimum Gasteiger partial charge on any atom is -0.465 e. The van der Waals surface area contributed by atoms with Crippen LogP contribution in [-0.2, 0) is 14.3 Å². The number of carbonyl (C=O) groups is 4. The molecule has 1 heterocycles. The lowest BCUT2D eigenvalue weighted by Gasteiger charge is -2.18. The number of amides is 3. The number of nitrogens with zero attached hydrogens (tertiary/aromatic N) is 1. The van der Waals surface area contributed by atoms with Crippen LogP contribution < -0.4 is 10.2 Å². The largest absolute Gasteiger partial charge is 0.465 e. The molecule has 4 rings (SSSR count). The monoisotopic (exact) mass is 418 g/mol. The molecule has 31 heavy (non-hydrogen) atoms. The molecule has 0 aromatic heterocycles. The van der Waals surface area contributed by atoms with Crippen LogP contribution in [0.1, 0.15) is 40.5 Å². The zero-order valence-electron chi connectivity index (χ0n) is 17.3. The summed E-state index contributed by atoms with van der Waals surface area (Å²) >= 11 is 0. The van der Waals surface area contributed by atoms with Gasteiger partial charge in [0.15, 0.2) is 0 Å². The highest BCUT2D eigenvalue weighted by Crippen LogP contribution is 2.39. The van der Waals surface area contributed by atoms with Crippen LogP contribution >= 0.6 is 0 Å². The summed E-state index contributed by atoms with van der Waals surface area (Å²) in [5.74, 6) is -1.93. The molecule has 2 aromatic carbocycles. The van der Waals surface area contributed by atoms with Crippen LogP contribution in [0.4, 0.5) is 11.4 Å². The Labute approximate surface area is 179 Å². The van der Waals surface area contributed by atoms with Crippen LogP contribution in [0.2, 0.25) is 0 Å². The summed E-state index contributed by atoms with van der Waals surface area (Å²) < 4.78 is 4.66. The molecular weight excluding hydrogens is 396 g/mol. The zero-order valence-corrected chi connectivity index (χ0v) is 17.3. The molecule has 0 radical (unpaired) electrons. The summed E-state index contributed by atoms with van der Waals surface area (Å²) in [5.41, 5.74) is 2.72. The van der Waals surface area contributed by atoms with Crippen molar-refractivity contribution in [3.8, 4) is 0 Å². The highest BCUT2D eigenvalue weighted by Gasteiger charge is 2.48. The summed E-state index contributed by atoms with van der Waals surface area (Å²) in [7, 11) is 1.30. The predicted octanol–water partition coefficient (Wildman–Crippen LogP) is 3.57. The van der Waals surface area contributed by atoms with Crippen molar-refractivity contribution in [2.45, 2.75) is 19.8 Å². The number of esters is 1. The molecule has 1 saturated heterocycles. The van der Waals surface area contributed by atoms with Crippen LogP contribution in [0.5, 0.6) is 0 Å². The minimum atomic E-state index is -0.462. The van der Waals surface area contributed by atoms with Crippen molar-refractivity contribution in [2.24, 2.45) is 11.8 Å². The smallest absolute Gasteiger partial charge is 0.337 e. The van der Waals surface area contributed by atoms with Crippen LogP contribution in [0, 0.1) is 11.8 Å². The molecule has 1 aliphatic heterocycles. The van der Waals surface area contributed by atoms with E-state index in [0.29, 0.717) is 35.3 Å². The van der Waals surface area contributed by atoms with Crippen molar-refractivity contribution in [2.75, 3.05) is 17.3 Å². The number of benzene rings is 2. The van der Waals surface area contributed by atoms with Gasteiger partial charge < -0.3 is 10.1 Å². The Morgan fingerprint density at radius 1 is 1.00 bits per heavy atom. The summed E-state index contributed by atoms with van der Waals surface area (Å²) in [4.78, 5) is 51.2. The molecule has 0 bridgehead atoms. The normalized spacial score (nSPS) is 20.2. The van der Waals surface area contributed by atoms with E-state index in [4.69, 9.17) is 0 Å². The molecular formula is C24H22N2O5. The van der Waals surface area contributed by atoms with Crippen molar-refractivity contribution in [3.63, 3.8) is 0 Å². The molecule has 3 amide bonds. The third-order valence-corrected chi connectivity index (χ3v) is 5.75. The summed E-state index contributed by atoms with van der Waals surface area (Å²) in [6, 6.07) is 12.8. The summed E-state index contributed by atoms with van der Waals surface area (Å²) in [6.07, 6.45) is 3.18. The van der Waals surface area contributed by atoms with Gasteiger partial charge in [0, 0.05) is 11.3 Å². The van der Waals surface area contributed by atoms with Gasteiger partial charge >= 0.3 is 5.97 Å². The SMILES string of the molecule is COC(=O)c1ccc(NC(=O)c2cccc(N3C(=O)[C@H]4CC(C)=CC[C@H]4C3=O)c2)cc1. The number of ether oxygens (including phenoxy) is 1. The van der Waals surface area contributed by atoms with Gasteiger partial charge in [0.2, 0.25) is 11.8 Å². The maximum atomic E-state index is 12.9. The van der Waals surface area contributed by atoms with Crippen LogP contribution in [0.3, 0.4) is 0 Å². The highest BCUT2D eigenvalue weighted by atomic mass is 16.5. The quantitative estimate of drug-likeness (QED) is 0.466. The molecule has 1 fully saturated rings. The molecule has 7 heteroatoms. The molecule has 158 valence electrons. The van der Waals surface area contributed by atoms with Crippen LogP contribution in [0.15, 0.2) is 60.2 Å². The van der Waals surface area contributed by atoms with Gasteiger partial charge in [-0.1, -0.05) is 17.7 Å². The third-order valence-electron chi connectivity index (χ3n) is 5.75. The maximum Gasteiger partial charge on any atom is 0.337 e. The fourth-order valence-corrected chi connectivity index (χ4v) is 4.09. The number of carbonyl (C=O) groups excluding carboxylic acids is 4. The first-order valence-electron chi connectivity index (χ1n) is 10.0. The Balaban J connectivity index is 1.52. The molecule has 2 aromatic rings. The average Bonchev–Trinajstić information content (AvgIpc) is 3.03. The number of nitrogens with one attached hydrogen (secondary N) is 1. The van der Waals surface area contributed by atoms with Crippen molar-refractivity contribution in [1.82, 2.24) is 0 Å². The number of fused-ring (bicyclic) bond motifs is 1. The Hall–Kier alpha value is -3.74. The number of hydrogen-bond donors (Lipinski definition) is 1. The standard InChI is InChI=1S/C24H22N2O5/c1-14-6-11-19-20(12-14)23(29)26(22(19)28)18-5-3-4-16(13-18)21(27)25-17-9-7-15(8-10-17)24(30)31-2/h3-10,13,19-20H,11-12H2,1-2H3,(H,25,27)/t19-,20+/m1/s1. The fourth-order valence-electron chi connectivity index (χ4n) is 4.09. The number of rotatable bonds is 4. The number of methoxy groups -OCH3 is 1. The van der Waals surface area contributed by atoms with Gasteiger partial charge in [0.1, 0.15) is 0 Å². The number of imide groups is 1. The molecule has 1 N–H and O–H groups in total. The Bertz CT molecular complexity index is 1100. The van der Waals surface area contributed by atoms with Gasteiger partial charge in [-0.15, -0.1) is 0 Å². The van der Waals surface area contributed by atoms with Gasteiger partial charge in [-0.25, -0.2) is 4.79 Å². The first-order valence-corrected chi connectivity index (χ1v) is 10.0. The summed E-state index contributed by atoms with van der Waals surface area (Å²) in [6.45, 7) is 1.97. The zero-order chi connectivity index (χ0) is 22.1. The fraction of sp³-hybridized carbons (Fsp3) is 0.250. The van der Waals surface area contributed by atoms with Crippen LogP contribution in [-0.4, -0.2) is 30.8 Å². The number of hydrogen-bond acceptors (Lipinski definition) is 5. The Kier molecular flexibility index (Phi) is 5.42. The topological polar surface area (TPSA) is 92.8 Å². The van der Waals surface area contributed by atoms with E-state index in [1.807, 2.05) is 13.0 Å². The van der Waals surface area contributed by atoms with Gasteiger partial charge in [-0.2, -0.15) is 0 Å². The molecule has 0 spiro atoms. The maximum absolute atomic E-state index is 12.9. The van der Waals surface area contributed by atoms with E-state index in [1.54, 1.807) is 48.5 Å². The molecule has 2 aliphatic rings. The van der Waals surface area contributed by atoms with Crippen molar-refractivity contribution in [3.05, 3.63) is 71.3 Å². The van der Waals surface area contributed by atoms with Gasteiger partial charge in [-0.05, 0) is 62.2 Å². The van der Waals surface area contributed by atoms with E-state index in [1.165, 1.54) is 12.0 Å². The van der Waals surface area contributed by atoms with E-state index in [-0.39, 0.29) is 29.6 Å². The van der Waals surface area contributed by atoms with E-state index >= 15 is 0 Å². The van der Waals surface area contributed by atoms with E-state index in [2.05, 4.69) is 10.1 Å². The van der Waals surface area contributed by atoms with E-state index < -0.39 is 5.97 Å². The lowest BCUT2D eigenvalue weighted by Crippen LogP contribution is -2.31. The first-order chi connectivity index (χ1) is 14.9. The van der Waals surface area contributed by atoms with Crippen LogP contribution in [0.25, 0.3) is 0 Å². The molecule has 0 unspecified atom stereocenters. The highest BCUT2D eigenvalue weighted by molar-refractivity contribution is 6.22. The molecule has 1 aliphatic carbocycles. The molecule has 0 saturated carbocycles. The first kappa shape index (κ1) is 20.5. The minimum absolute atomic E-state index is 0.210. The van der Waals surface area contributed by atoms with Crippen molar-refractivity contribution in [1.29, 1.82) is 0 Å². The van der Waals surface area contributed by atoms with Gasteiger partial charge in [0.25, 0.3) is 5.91 Å². The lowest BCUT2D eigenvalue weighted by molar-refractivity contribution is -0.122. The molecule has 2 atom stereocenters. The summed E-state index contributed by atoms with van der Waals surface area (Å²) in [5, 5.41) is 2.75. The second-order valence-corrected chi connectivity index (χ2v) is 7.79. The third kappa shape index (κ3) is 3.86. The average molecular weight is 418 g/mol. The van der Waals surface area contributed by atoms with Gasteiger partial charge in [0.05, 0.1) is 30.2 Å². The lowest BCUT2D eigenvalue weighted by atomic mass is 9.82. The molecule has 7 nitrogen and oxygen atoms in total. The number of allylic oxidation sites excluding steroid dienone is 2. The predicted molar refractivity (Wildman–Crippen MR) is 115 cm³/mol. The Morgan fingerprint density at radius 3 is 2.42 bits per heavy atom. The number of anilines is 2. The second kappa shape index (κ2) is 8.18. The second-order valence-electron chi connectivity index (χ2n) is 7.79. The Morgan fingerprint density at radius 2 is 1.71 bits per heavy atom. The van der Waals surface area contributed by atoms with Crippen molar-refractivity contribution < 1.29 is 23.9 Å². The van der Waals surface area contributed by atoms with Gasteiger partial charge in [-0.3, -0.25) is 19.3 Å².